The van der Waals surface area contributed by atoms with Gasteiger partial charge in [0.2, 0.25) is 5.91 Å². The van der Waals surface area contributed by atoms with Crippen LogP contribution in [0.5, 0.6) is 0 Å². The van der Waals surface area contributed by atoms with Crippen molar-refractivity contribution in [2.75, 3.05) is 13.2 Å². The average molecular weight is 221 g/mol. The molecule has 1 rings (SSSR count). The minimum atomic E-state index is -0.606. The van der Waals surface area contributed by atoms with E-state index in [0.717, 1.165) is 0 Å². The minimum absolute atomic E-state index is 0.172. The second-order valence-electron chi connectivity index (χ2n) is 3.40. The molecule has 0 saturated carbocycles. The Kier molecular flexibility index (Phi) is 4.92. The van der Waals surface area contributed by atoms with E-state index in [1.165, 1.54) is 6.92 Å². The highest BCUT2D eigenvalue weighted by molar-refractivity contribution is 5.73. The van der Waals surface area contributed by atoms with E-state index in [0.29, 0.717) is 13.0 Å². The first kappa shape index (κ1) is 12.3. The summed E-state index contributed by atoms with van der Waals surface area (Å²) in [5.41, 5.74) is 0. The number of nitrogens with one attached hydrogen (secondary N) is 1. The molecule has 1 aliphatic rings. The zero-order valence-electron chi connectivity index (χ0n) is 8.38. The lowest BCUT2D eigenvalue weighted by Crippen LogP contribution is -2.50. The van der Waals surface area contributed by atoms with E-state index in [-0.39, 0.29) is 18.6 Å². The van der Waals surface area contributed by atoms with E-state index in [1.807, 2.05) is 0 Å². The molecule has 0 bridgehead atoms. The van der Waals surface area contributed by atoms with Crippen molar-refractivity contribution in [3.05, 3.63) is 0 Å². The molecule has 3 atom stereocenters. The Morgan fingerprint density at radius 1 is 1.67 bits per heavy atom. The third-order valence-corrected chi connectivity index (χ3v) is 2.20. The van der Waals surface area contributed by atoms with E-state index >= 15 is 0 Å². The molecule has 88 valence electrons. The minimum Gasteiger partial charge on any atom is -0.394 e. The third kappa shape index (κ3) is 3.73. The number of amides is 1. The van der Waals surface area contributed by atoms with Crippen LogP contribution < -0.4 is 5.32 Å². The van der Waals surface area contributed by atoms with Gasteiger partial charge in [-0.1, -0.05) is 5.04 Å². The molecule has 7 heteroatoms. The Balaban J connectivity index is 2.45. The van der Waals surface area contributed by atoms with Crippen LogP contribution in [0.25, 0.3) is 0 Å². The molecule has 3 N–H and O–H groups in total. The molecule has 0 radical (unpaired) electrons. The van der Waals surface area contributed by atoms with Gasteiger partial charge >= 0.3 is 0 Å². The number of hydrogen-bond donors (Lipinski definition) is 3. The lowest BCUT2D eigenvalue weighted by molar-refractivity contribution is -0.514. The summed E-state index contributed by atoms with van der Waals surface area (Å²) in [7, 11) is 0. The molecule has 0 spiro atoms. The van der Waals surface area contributed by atoms with Gasteiger partial charge in [-0.15, -0.1) is 0 Å². The van der Waals surface area contributed by atoms with Gasteiger partial charge in [-0.25, -0.2) is 10.1 Å². The predicted octanol–water partition coefficient (Wildman–Crippen LogP) is -0.938. The molecule has 1 heterocycles. The molecule has 15 heavy (non-hydrogen) atoms. The van der Waals surface area contributed by atoms with E-state index in [4.69, 9.17) is 15.1 Å². The molecule has 0 aromatic carbocycles. The van der Waals surface area contributed by atoms with E-state index in [2.05, 4.69) is 15.2 Å². The molecule has 1 amide bonds. The number of aliphatic hydroxyl groups is 1. The smallest absolute Gasteiger partial charge is 0.217 e. The van der Waals surface area contributed by atoms with Crippen molar-refractivity contribution in [3.63, 3.8) is 0 Å². The van der Waals surface area contributed by atoms with Crippen LogP contribution in [0.2, 0.25) is 0 Å². The summed E-state index contributed by atoms with van der Waals surface area (Å²) in [6.07, 6.45) is -0.751. The van der Waals surface area contributed by atoms with Gasteiger partial charge < -0.3 is 15.2 Å². The second kappa shape index (κ2) is 5.99. The van der Waals surface area contributed by atoms with Gasteiger partial charge in [0, 0.05) is 13.3 Å². The molecule has 0 aromatic rings. The van der Waals surface area contributed by atoms with Crippen LogP contribution in [-0.2, 0) is 19.5 Å². The Hall–Kier alpha value is -0.730. The van der Waals surface area contributed by atoms with Crippen molar-refractivity contribution in [1.29, 1.82) is 0 Å². The fourth-order valence-corrected chi connectivity index (χ4v) is 1.56. The number of rotatable bonds is 4. The Bertz CT molecular complexity index is 211. The number of carbonyl (C=O) groups excluding carboxylic acids is 1. The van der Waals surface area contributed by atoms with Crippen LogP contribution in [0.1, 0.15) is 13.3 Å². The van der Waals surface area contributed by atoms with Gasteiger partial charge in [-0.2, -0.15) is 0 Å². The van der Waals surface area contributed by atoms with E-state index in [1.54, 1.807) is 0 Å². The van der Waals surface area contributed by atoms with Crippen molar-refractivity contribution in [2.45, 2.75) is 31.6 Å². The van der Waals surface area contributed by atoms with Crippen LogP contribution in [0.15, 0.2) is 0 Å². The molecule has 0 aromatic heterocycles. The maximum Gasteiger partial charge on any atom is 0.217 e. The van der Waals surface area contributed by atoms with Gasteiger partial charge in [-0.05, 0) is 0 Å². The standard InChI is InChI=1S/C8H15NO6/c1-5(11)9-6-2-7(14-15-12)8(3-10)13-4-6/h6-8,10,12H,2-4H2,1H3,(H,9,11)/t6?,7-,8?/m1/s1. The highest BCUT2D eigenvalue weighted by Crippen LogP contribution is 2.17. The molecule has 1 saturated heterocycles. The summed E-state index contributed by atoms with van der Waals surface area (Å²) in [4.78, 5) is 15.3. The molecule has 0 aliphatic carbocycles. The highest BCUT2D eigenvalue weighted by Gasteiger charge is 2.33. The van der Waals surface area contributed by atoms with Crippen molar-refractivity contribution in [1.82, 2.24) is 5.32 Å². The van der Waals surface area contributed by atoms with Crippen LogP contribution in [0.3, 0.4) is 0 Å². The van der Waals surface area contributed by atoms with Crippen molar-refractivity contribution in [3.8, 4) is 0 Å². The molecular formula is C8H15NO6. The van der Waals surface area contributed by atoms with E-state index < -0.39 is 12.2 Å². The van der Waals surface area contributed by atoms with Gasteiger partial charge in [0.05, 0.1) is 19.3 Å². The molecule has 1 fully saturated rings. The van der Waals surface area contributed by atoms with Gasteiger partial charge in [0.25, 0.3) is 0 Å². The molecular weight excluding hydrogens is 206 g/mol. The lowest BCUT2D eigenvalue weighted by atomic mass is 10.0. The quantitative estimate of drug-likeness (QED) is 0.419. The van der Waals surface area contributed by atoms with Crippen LogP contribution in [0, 0.1) is 0 Å². The van der Waals surface area contributed by atoms with Crippen LogP contribution in [-0.4, -0.2) is 47.7 Å². The third-order valence-electron chi connectivity index (χ3n) is 2.20. The molecule has 1 aliphatic heterocycles. The molecule has 2 unspecified atom stereocenters. The van der Waals surface area contributed by atoms with Crippen LogP contribution >= 0.6 is 0 Å². The number of hydrogen-bond acceptors (Lipinski definition) is 6. The average Bonchev–Trinajstić information content (AvgIpc) is 2.18. The normalized spacial score (nSPS) is 31.3. The Morgan fingerprint density at radius 2 is 2.40 bits per heavy atom. The Labute approximate surface area is 86.8 Å². The summed E-state index contributed by atoms with van der Waals surface area (Å²) in [5, 5.41) is 23.3. The summed E-state index contributed by atoms with van der Waals surface area (Å²) in [6, 6.07) is -0.203. The fraction of sp³-hybridized carbons (Fsp3) is 0.875. The van der Waals surface area contributed by atoms with Crippen molar-refractivity contribution < 1.29 is 29.8 Å². The number of carbonyl (C=O) groups is 1. The largest absolute Gasteiger partial charge is 0.394 e. The molecule has 7 nitrogen and oxygen atoms in total. The SMILES string of the molecule is CC(=O)NC1COC(CO)[C@H](OOO)C1. The van der Waals surface area contributed by atoms with E-state index in [9.17, 15) is 4.79 Å². The zero-order chi connectivity index (χ0) is 11.3. The number of ether oxygens (including phenoxy) is 1. The predicted molar refractivity (Wildman–Crippen MR) is 47.6 cm³/mol. The second-order valence-corrected chi connectivity index (χ2v) is 3.40. The summed E-state index contributed by atoms with van der Waals surface area (Å²) < 4.78 is 5.22. The van der Waals surface area contributed by atoms with Gasteiger partial charge in [0.15, 0.2) is 0 Å². The monoisotopic (exact) mass is 221 g/mol. The maximum absolute atomic E-state index is 10.8. The first-order chi connectivity index (χ1) is 7.17. The van der Waals surface area contributed by atoms with Crippen molar-refractivity contribution in [2.24, 2.45) is 0 Å². The first-order valence-corrected chi connectivity index (χ1v) is 4.63. The lowest BCUT2D eigenvalue weighted by Gasteiger charge is -2.33. The maximum atomic E-state index is 10.8. The Morgan fingerprint density at radius 3 is 2.93 bits per heavy atom. The highest BCUT2D eigenvalue weighted by atomic mass is 17.5. The van der Waals surface area contributed by atoms with Gasteiger partial charge in [-0.3, -0.25) is 4.79 Å². The topological polar surface area (TPSA) is 97.3 Å². The van der Waals surface area contributed by atoms with Gasteiger partial charge in [0.1, 0.15) is 12.2 Å². The summed E-state index contributed by atoms with van der Waals surface area (Å²) in [6.45, 7) is 1.47. The van der Waals surface area contributed by atoms with Crippen LogP contribution in [0.4, 0.5) is 0 Å². The van der Waals surface area contributed by atoms with Crippen molar-refractivity contribution >= 4 is 5.91 Å². The fourth-order valence-electron chi connectivity index (χ4n) is 1.56. The number of aliphatic hydroxyl groups excluding tert-OH is 1. The zero-order valence-corrected chi connectivity index (χ0v) is 8.38. The summed E-state index contributed by atoms with van der Waals surface area (Å²) in [5.74, 6) is -0.172. The first-order valence-electron chi connectivity index (χ1n) is 4.63. The summed E-state index contributed by atoms with van der Waals surface area (Å²) >= 11 is 0.